The Morgan fingerprint density at radius 1 is 1.60 bits per heavy atom. The summed E-state index contributed by atoms with van der Waals surface area (Å²) in [6.45, 7) is 5.03. The lowest BCUT2D eigenvalue weighted by Crippen LogP contribution is -2.41. The van der Waals surface area contributed by atoms with Crippen molar-refractivity contribution in [2.24, 2.45) is 0 Å². The highest BCUT2D eigenvalue weighted by Gasteiger charge is 2.29. The minimum absolute atomic E-state index is 0.312. The third-order valence-corrected chi connectivity index (χ3v) is 5.45. The van der Waals surface area contributed by atoms with E-state index < -0.39 is 0 Å². The Bertz CT molecular complexity index is 397. The van der Waals surface area contributed by atoms with Gasteiger partial charge in [0, 0.05) is 42.9 Å². The van der Waals surface area contributed by atoms with Crippen LogP contribution in [-0.2, 0) is 4.79 Å². The first-order chi connectivity index (χ1) is 9.81. The van der Waals surface area contributed by atoms with E-state index in [-0.39, 0.29) is 0 Å². The first-order valence-electron chi connectivity index (χ1n) is 7.33. The maximum Gasteiger partial charge on any atom is 0.222 e. The fourth-order valence-electron chi connectivity index (χ4n) is 2.40. The van der Waals surface area contributed by atoms with Crippen molar-refractivity contribution in [3.8, 4) is 0 Å². The summed E-state index contributed by atoms with van der Waals surface area (Å²) in [4.78, 5) is 18.3. The van der Waals surface area contributed by atoms with E-state index in [1.165, 1.54) is 12.8 Å². The molecular formula is C14H23N3OS2. The monoisotopic (exact) mass is 313 g/mol. The Hall–Kier alpha value is -0.590. The van der Waals surface area contributed by atoms with E-state index >= 15 is 0 Å². The first kappa shape index (κ1) is 15.8. The van der Waals surface area contributed by atoms with Crippen molar-refractivity contribution in [3.63, 3.8) is 0 Å². The quantitative estimate of drug-likeness (QED) is 0.562. The van der Waals surface area contributed by atoms with Crippen molar-refractivity contribution in [1.82, 2.24) is 15.2 Å². The summed E-state index contributed by atoms with van der Waals surface area (Å²) in [7, 11) is 0. The van der Waals surface area contributed by atoms with Crippen molar-refractivity contribution < 1.29 is 4.79 Å². The Kier molecular flexibility index (Phi) is 6.82. The van der Waals surface area contributed by atoms with Crippen LogP contribution in [0.5, 0.6) is 0 Å². The van der Waals surface area contributed by atoms with E-state index in [9.17, 15) is 4.79 Å². The highest BCUT2D eigenvalue weighted by atomic mass is 32.2. The molecule has 6 heteroatoms. The average Bonchev–Trinajstić information content (AvgIpc) is 3.07. The summed E-state index contributed by atoms with van der Waals surface area (Å²) in [6.07, 6.45) is 5.96. The van der Waals surface area contributed by atoms with E-state index in [2.05, 4.69) is 22.1 Å². The molecule has 0 aromatic carbocycles. The van der Waals surface area contributed by atoms with Crippen LogP contribution in [0.2, 0.25) is 0 Å². The van der Waals surface area contributed by atoms with Gasteiger partial charge in [-0.2, -0.15) is 0 Å². The molecule has 0 unspecified atom stereocenters. The number of carbonyl (C=O) groups is 1. The van der Waals surface area contributed by atoms with Crippen molar-refractivity contribution in [1.29, 1.82) is 0 Å². The van der Waals surface area contributed by atoms with Crippen LogP contribution in [0.3, 0.4) is 0 Å². The summed E-state index contributed by atoms with van der Waals surface area (Å²) >= 11 is 3.41. The topological polar surface area (TPSA) is 45.2 Å². The van der Waals surface area contributed by atoms with Crippen molar-refractivity contribution in [2.75, 3.05) is 25.4 Å². The van der Waals surface area contributed by atoms with Gasteiger partial charge in [-0.1, -0.05) is 25.1 Å². The van der Waals surface area contributed by atoms with Crippen LogP contribution in [0, 0.1) is 0 Å². The van der Waals surface area contributed by atoms with Crippen molar-refractivity contribution in [2.45, 2.75) is 43.0 Å². The van der Waals surface area contributed by atoms with E-state index in [0.29, 0.717) is 18.4 Å². The van der Waals surface area contributed by atoms with E-state index in [4.69, 9.17) is 0 Å². The Morgan fingerprint density at radius 2 is 2.50 bits per heavy atom. The van der Waals surface area contributed by atoms with Crippen LogP contribution in [-0.4, -0.2) is 47.2 Å². The predicted molar refractivity (Wildman–Crippen MR) is 85.4 cm³/mol. The van der Waals surface area contributed by atoms with Gasteiger partial charge in [0.1, 0.15) is 4.34 Å². The van der Waals surface area contributed by atoms with Crippen molar-refractivity contribution >= 4 is 29.0 Å². The number of likely N-dealkylation sites (tertiary alicyclic amines) is 1. The summed E-state index contributed by atoms with van der Waals surface area (Å²) in [5, 5.41) is 5.46. The molecule has 2 heterocycles. The number of amides is 1. The van der Waals surface area contributed by atoms with Crippen LogP contribution < -0.4 is 5.32 Å². The molecule has 1 aromatic rings. The molecule has 1 atom stereocenters. The van der Waals surface area contributed by atoms with Gasteiger partial charge in [-0.3, -0.25) is 4.79 Å². The second-order valence-corrected chi connectivity index (χ2v) is 7.22. The molecule has 1 saturated heterocycles. The molecular weight excluding hydrogens is 290 g/mol. The van der Waals surface area contributed by atoms with Crippen LogP contribution in [0.15, 0.2) is 15.9 Å². The van der Waals surface area contributed by atoms with Crippen LogP contribution in [0.25, 0.3) is 0 Å². The van der Waals surface area contributed by atoms with E-state index in [0.717, 1.165) is 36.1 Å². The average molecular weight is 313 g/mol. The molecule has 0 bridgehead atoms. The number of nitrogens with zero attached hydrogens (tertiary/aromatic N) is 2. The molecule has 0 spiro atoms. The molecule has 0 radical (unpaired) electrons. The standard InChI is InChI=1S/C14H23N3OS2/c1-2-3-6-15-11-12-4-5-13(18)17(12)8-10-20-14-16-7-9-19-14/h7,9,12,15H,2-6,8,10-11H2,1H3/t12-/m1/s1. The van der Waals surface area contributed by atoms with E-state index in [1.54, 1.807) is 23.1 Å². The molecule has 0 aliphatic carbocycles. The number of nitrogens with one attached hydrogen (secondary N) is 1. The molecule has 0 saturated carbocycles. The summed E-state index contributed by atoms with van der Waals surface area (Å²) < 4.78 is 1.09. The zero-order valence-corrected chi connectivity index (χ0v) is 13.6. The molecule has 4 nitrogen and oxygen atoms in total. The maximum absolute atomic E-state index is 11.9. The lowest BCUT2D eigenvalue weighted by atomic mass is 10.2. The number of rotatable bonds is 9. The third-order valence-electron chi connectivity index (χ3n) is 3.51. The van der Waals surface area contributed by atoms with Crippen LogP contribution in [0.4, 0.5) is 0 Å². The molecule has 1 aliphatic rings. The lowest BCUT2D eigenvalue weighted by Gasteiger charge is -2.25. The highest BCUT2D eigenvalue weighted by molar-refractivity contribution is 8.01. The SMILES string of the molecule is CCCCNC[C@H]1CCC(=O)N1CCSc1nccs1. The second kappa shape index (κ2) is 8.64. The molecule has 1 fully saturated rings. The normalized spacial score (nSPS) is 18.9. The smallest absolute Gasteiger partial charge is 0.222 e. The van der Waals surface area contributed by atoms with Gasteiger partial charge < -0.3 is 10.2 Å². The van der Waals surface area contributed by atoms with Crippen LogP contribution >= 0.6 is 23.1 Å². The van der Waals surface area contributed by atoms with Gasteiger partial charge in [-0.25, -0.2) is 4.98 Å². The third kappa shape index (κ3) is 4.75. The summed E-state index contributed by atoms with van der Waals surface area (Å²) in [5.41, 5.74) is 0. The number of thioether (sulfide) groups is 1. The molecule has 1 amide bonds. The fraction of sp³-hybridized carbons (Fsp3) is 0.714. The Morgan fingerprint density at radius 3 is 3.25 bits per heavy atom. The largest absolute Gasteiger partial charge is 0.338 e. The first-order valence-corrected chi connectivity index (χ1v) is 9.20. The molecule has 20 heavy (non-hydrogen) atoms. The summed E-state index contributed by atoms with van der Waals surface area (Å²) in [6, 6.07) is 0.385. The predicted octanol–water partition coefficient (Wildman–Crippen LogP) is 2.62. The van der Waals surface area contributed by atoms with Crippen molar-refractivity contribution in [3.05, 3.63) is 11.6 Å². The highest BCUT2D eigenvalue weighted by Crippen LogP contribution is 2.23. The number of carbonyl (C=O) groups excluding carboxylic acids is 1. The zero-order chi connectivity index (χ0) is 14.2. The Labute approximate surface area is 129 Å². The lowest BCUT2D eigenvalue weighted by molar-refractivity contribution is -0.128. The minimum atomic E-state index is 0.312. The van der Waals surface area contributed by atoms with E-state index in [1.807, 2.05) is 11.6 Å². The Balaban J connectivity index is 1.70. The van der Waals surface area contributed by atoms with Gasteiger partial charge in [0.05, 0.1) is 0 Å². The van der Waals surface area contributed by atoms with Gasteiger partial charge >= 0.3 is 0 Å². The van der Waals surface area contributed by atoms with Gasteiger partial charge in [-0.05, 0) is 19.4 Å². The van der Waals surface area contributed by atoms with Crippen LogP contribution in [0.1, 0.15) is 32.6 Å². The minimum Gasteiger partial charge on any atom is -0.338 e. The van der Waals surface area contributed by atoms with Gasteiger partial charge in [0.25, 0.3) is 0 Å². The maximum atomic E-state index is 11.9. The zero-order valence-electron chi connectivity index (χ0n) is 12.0. The van der Waals surface area contributed by atoms with Gasteiger partial charge in [0.15, 0.2) is 0 Å². The number of hydrogen-bond acceptors (Lipinski definition) is 5. The van der Waals surface area contributed by atoms with Gasteiger partial charge in [0.2, 0.25) is 5.91 Å². The number of unbranched alkanes of at least 4 members (excludes halogenated alkanes) is 1. The summed E-state index contributed by atoms with van der Waals surface area (Å²) in [5.74, 6) is 1.25. The number of hydrogen-bond donors (Lipinski definition) is 1. The second-order valence-electron chi connectivity index (χ2n) is 4.98. The van der Waals surface area contributed by atoms with Gasteiger partial charge in [-0.15, -0.1) is 11.3 Å². The molecule has 1 aromatic heterocycles. The molecule has 2 rings (SSSR count). The molecule has 112 valence electrons. The molecule has 1 aliphatic heterocycles. The molecule has 1 N–H and O–H groups in total. The fourth-order valence-corrected chi connectivity index (χ4v) is 4.04. The number of aromatic nitrogens is 1. The number of thiazole rings is 1.